The number of carbonyl (C=O) groups is 1. The Kier molecular flexibility index (Phi) is 5.35. The molecular weight excluding hydrogens is 266 g/mol. The van der Waals surface area contributed by atoms with Gasteiger partial charge in [0.2, 0.25) is 0 Å². The molecular formula is C17H19NO3. The average Bonchev–Trinajstić information content (AvgIpc) is 2.51. The van der Waals surface area contributed by atoms with E-state index in [-0.39, 0.29) is 19.1 Å². The number of rotatable bonds is 6. The highest BCUT2D eigenvalue weighted by Crippen LogP contribution is 2.12. The van der Waals surface area contributed by atoms with Gasteiger partial charge in [-0.15, -0.1) is 0 Å². The lowest BCUT2D eigenvalue weighted by Crippen LogP contribution is -2.32. The summed E-state index contributed by atoms with van der Waals surface area (Å²) < 4.78 is 5.39. The molecule has 2 aromatic rings. The molecule has 0 aliphatic carbocycles. The topological polar surface area (TPSA) is 58.6 Å². The fraction of sp³-hybridized carbons (Fsp3) is 0.235. The number of aliphatic hydroxyl groups is 1. The Morgan fingerprint density at radius 2 is 1.95 bits per heavy atom. The molecule has 0 aliphatic heterocycles. The fourth-order valence-corrected chi connectivity index (χ4v) is 1.91. The van der Waals surface area contributed by atoms with E-state index >= 15 is 0 Å². The molecule has 0 bridgehead atoms. The molecule has 2 rings (SSSR count). The summed E-state index contributed by atoms with van der Waals surface area (Å²) in [6, 6.07) is 16.7. The van der Waals surface area contributed by atoms with Crippen LogP contribution in [0.25, 0.3) is 0 Å². The van der Waals surface area contributed by atoms with Crippen molar-refractivity contribution in [1.82, 2.24) is 5.32 Å². The molecule has 0 saturated heterocycles. The van der Waals surface area contributed by atoms with Gasteiger partial charge in [-0.1, -0.05) is 42.5 Å². The molecule has 0 aliphatic rings. The molecule has 4 heteroatoms. The van der Waals surface area contributed by atoms with Gasteiger partial charge in [0.1, 0.15) is 5.75 Å². The van der Waals surface area contributed by atoms with Crippen molar-refractivity contribution in [3.05, 3.63) is 65.7 Å². The average molecular weight is 285 g/mol. The minimum atomic E-state index is -0.714. The third kappa shape index (κ3) is 4.93. The van der Waals surface area contributed by atoms with Gasteiger partial charge in [-0.25, -0.2) is 0 Å². The smallest absolute Gasteiger partial charge is 0.258 e. The Balaban J connectivity index is 1.75. The lowest BCUT2D eigenvalue weighted by molar-refractivity contribution is -0.123. The molecule has 0 radical (unpaired) electrons. The highest BCUT2D eigenvalue weighted by Gasteiger charge is 2.09. The second-order valence-corrected chi connectivity index (χ2v) is 4.84. The van der Waals surface area contributed by atoms with Crippen molar-refractivity contribution in [1.29, 1.82) is 0 Å². The minimum Gasteiger partial charge on any atom is -0.484 e. The molecule has 1 unspecified atom stereocenters. The molecule has 0 fully saturated rings. The Hall–Kier alpha value is -2.33. The van der Waals surface area contributed by atoms with Crippen LogP contribution >= 0.6 is 0 Å². The first-order valence-electron chi connectivity index (χ1n) is 6.84. The van der Waals surface area contributed by atoms with Gasteiger partial charge in [-0.2, -0.15) is 0 Å². The van der Waals surface area contributed by atoms with Gasteiger partial charge < -0.3 is 15.2 Å². The maximum absolute atomic E-state index is 11.7. The van der Waals surface area contributed by atoms with Gasteiger partial charge in [0.15, 0.2) is 6.61 Å². The molecule has 0 saturated carbocycles. The van der Waals surface area contributed by atoms with Crippen molar-refractivity contribution < 1.29 is 14.6 Å². The second-order valence-electron chi connectivity index (χ2n) is 4.84. The zero-order chi connectivity index (χ0) is 15.1. The number of benzene rings is 2. The summed E-state index contributed by atoms with van der Waals surface area (Å²) in [4.78, 5) is 11.7. The molecule has 0 spiro atoms. The predicted octanol–water partition coefficient (Wildman–Crippen LogP) is 2.22. The number of nitrogens with one attached hydrogen (secondary N) is 1. The Morgan fingerprint density at radius 1 is 1.19 bits per heavy atom. The number of carbonyl (C=O) groups excluding carboxylic acids is 1. The van der Waals surface area contributed by atoms with Crippen LogP contribution < -0.4 is 10.1 Å². The third-order valence-electron chi connectivity index (χ3n) is 3.04. The van der Waals surface area contributed by atoms with Crippen LogP contribution in [0.4, 0.5) is 0 Å². The second kappa shape index (κ2) is 7.45. The summed E-state index contributed by atoms with van der Waals surface area (Å²) in [5.74, 6) is 0.403. The molecule has 2 aromatic carbocycles. The molecule has 110 valence electrons. The highest BCUT2D eigenvalue weighted by molar-refractivity contribution is 5.77. The van der Waals surface area contributed by atoms with Crippen molar-refractivity contribution in [3.8, 4) is 5.75 Å². The van der Waals surface area contributed by atoms with Gasteiger partial charge in [0.05, 0.1) is 6.10 Å². The van der Waals surface area contributed by atoms with Crippen molar-refractivity contribution in [3.63, 3.8) is 0 Å². The lowest BCUT2D eigenvalue weighted by atomic mass is 10.1. The normalized spacial score (nSPS) is 11.7. The fourth-order valence-electron chi connectivity index (χ4n) is 1.91. The quantitative estimate of drug-likeness (QED) is 0.855. The van der Waals surface area contributed by atoms with E-state index in [1.807, 2.05) is 55.5 Å². The predicted molar refractivity (Wildman–Crippen MR) is 81.1 cm³/mol. The van der Waals surface area contributed by atoms with E-state index in [2.05, 4.69) is 5.32 Å². The Bertz CT molecular complexity index is 584. The van der Waals surface area contributed by atoms with Crippen LogP contribution in [0, 0.1) is 6.92 Å². The summed E-state index contributed by atoms with van der Waals surface area (Å²) in [6.45, 7) is 2.06. The number of aryl methyl sites for hydroxylation is 1. The number of aliphatic hydroxyl groups excluding tert-OH is 1. The molecule has 2 N–H and O–H groups in total. The summed E-state index contributed by atoms with van der Waals surface area (Å²) >= 11 is 0. The standard InChI is InChI=1S/C17H19NO3/c1-13-6-5-9-15(10-13)21-12-17(20)18-11-16(19)14-7-3-2-4-8-14/h2-10,16,19H,11-12H2,1H3,(H,18,20). The van der Waals surface area contributed by atoms with Crippen LogP contribution in [-0.2, 0) is 4.79 Å². The van der Waals surface area contributed by atoms with Crippen LogP contribution in [0.15, 0.2) is 54.6 Å². The van der Waals surface area contributed by atoms with Gasteiger partial charge in [0.25, 0.3) is 5.91 Å². The first-order chi connectivity index (χ1) is 10.1. The van der Waals surface area contributed by atoms with Crippen molar-refractivity contribution in [2.24, 2.45) is 0 Å². The van der Waals surface area contributed by atoms with Crippen molar-refractivity contribution in [2.45, 2.75) is 13.0 Å². The van der Waals surface area contributed by atoms with Crippen LogP contribution in [-0.4, -0.2) is 24.2 Å². The van der Waals surface area contributed by atoms with E-state index in [9.17, 15) is 9.90 Å². The molecule has 4 nitrogen and oxygen atoms in total. The lowest BCUT2D eigenvalue weighted by Gasteiger charge is -2.12. The monoisotopic (exact) mass is 285 g/mol. The maximum atomic E-state index is 11.7. The first kappa shape index (κ1) is 15.1. The number of hydrogen-bond donors (Lipinski definition) is 2. The van der Waals surface area contributed by atoms with Crippen LogP contribution in [0.2, 0.25) is 0 Å². The molecule has 0 aromatic heterocycles. The maximum Gasteiger partial charge on any atom is 0.258 e. The van der Waals surface area contributed by atoms with E-state index < -0.39 is 6.10 Å². The van der Waals surface area contributed by atoms with E-state index in [4.69, 9.17) is 4.74 Å². The number of hydrogen-bond acceptors (Lipinski definition) is 3. The van der Waals surface area contributed by atoms with Gasteiger partial charge >= 0.3 is 0 Å². The van der Waals surface area contributed by atoms with Crippen LogP contribution in [0.3, 0.4) is 0 Å². The SMILES string of the molecule is Cc1cccc(OCC(=O)NCC(O)c2ccccc2)c1. The highest BCUT2D eigenvalue weighted by atomic mass is 16.5. The Labute approximate surface area is 124 Å². The van der Waals surface area contributed by atoms with Gasteiger partial charge in [0, 0.05) is 6.54 Å². The van der Waals surface area contributed by atoms with Crippen molar-refractivity contribution in [2.75, 3.05) is 13.2 Å². The summed E-state index contributed by atoms with van der Waals surface area (Å²) in [5.41, 5.74) is 1.85. The van der Waals surface area contributed by atoms with Crippen molar-refractivity contribution >= 4 is 5.91 Å². The van der Waals surface area contributed by atoms with Gasteiger partial charge in [-0.3, -0.25) is 4.79 Å². The molecule has 1 amide bonds. The summed E-state index contributed by atoms with van der Waals surface area (Å²) in [7, 11) is 0. The largest absolute Gasteiger partial charge is 0.484 e. The Morgan fingerprint density at radius 3 is 2.67 bits per heavy atom. The van der Waals surface area contributed by atoms with Gasteiger partial charge in [-0.05, 0) is 30.2 Å². The van der Waals surface area contributed by atoms with E-state index in [0.717, 1.165) is 11.1 Å². The molecule has 21 heavy (non-hydrogen) atoms. The zero-order valence-corrected chi connectivity index (χ0v) is 12.0. The van der Waals surface area contributed by atoms with E-state index in [0.29, 0.717) is 5.75 Å². The minimum absolute atomic E-state index is 0.0645. The van der Waals surface area contributed by atoms with Crippen LogP contribution in [0.1, 0.15) is 17.2 Å². The molecule has 1 atom stereocenters. The van der Waals surface area contributed by atoms with E-state index in [1.165, 1.54) is 0 Å². The first-order valence-corrected chi connectivity index (χ1v) is 6.84. The third-order valence-corrected chi connectivity index (χ3v) is 3.04. The summed E-state index contributed by atoms with van der Waals surface area (Å²) in [5, 5.41) is 12.6. The zero-order valence-electron chi connectivity index (χ0n) is 12.0. The van der Waals surface area contributed by atoms with Crippen LogP contribution in [0.5, 0.6) is 5.75 Å². The molecule has 0 heterocycles. The van der Waals surface area contributed by atoms with E-state index in [1.54, 1.807) is 6.07 Å². The number of amides is 1. The summed E-state index contributed by atoms with van der Waals surface area (Å²) in [6.07, 6.45) is -0.714. The number of ether oxygens (including phenoxy) is 1.